The maximum absolute atomic E-state index is 12.7. The minimum Gasteiger partial charge on any atom is -0.495 e. The van der Waals surface area contributed by atoms with Gasteiger partial charge in [-0.3, -0.25) is 4.79 Å². The number of rotatable bonds is 7. The van der Waals surface area contributed by atoms with Crippen LogP contribution in [0.2, 0.25) is 0 Å². The average Bonchev–Trinajstić information content (AvgIpc) is 3.31. The van der Waals surface area contributed by atoms with Crippen molar-refractivity contribution in [1.82, 2.24) is 4.31 Å². The first-order chi connectivity index (χ1) is 9.95. The third-order valence-corrected chi connectivity index (χ3v) is 5.79. The zero-order chi connectivity index (χ0) is 15.6. The van der Waals surface area contributed by atoms with E-state index in [1.54, 1.807) is 26.0 Å². The van der Waals surface area contributed by atoms with Crippen LogP contribution in [0.15, 0.2) is 23.1 Å². The first kappa shape index (κ1) is 16.0. The fraction of sp³-hybridized carbons (Fsp3) is 0.533. The van der Waals surface area contributed by atoms with Crippen molar-refractivity contribution in [2.45, 2.75) is 31.6 Å². The number of methoxy groups -OCH3 is 1. The van der Waals surface area contributed by atoms with Gasteiger partial charge in [-0.05, 0) is 31.0 Å². The summed E-state index contributed by atoms with van der Waals surface area (Å²) in [6.45, 7) is 4.32. The smallest absolute Gasteiger partial charge is 0.246 e. The molecular weight excluding hydrogens is 290 g/mol. The lowest BCUT2D eigenvalue weighted by Gasteiger charge is -2.20. The van der Waals surface area contributed by atoms with E-state index in [2.05, 4.69) is 0 Å². The molecule has 0 N–H and O–H groups in total. The van der Waals surface area contributed by atoms with Crippen molar-refractivity contribution in [1.29, 1.82) is 0 Å². The number of nitrogens with zero attached hydrogens (tertiary/aromatic N) is 1. The second kappa shape index (κ2) is 6.15. The number of carbonyl (C=O) groups is 1. The predicted molar refractivity (Wildman–Crippen MR) is 80.2 cm³/mol. The summed E-state index contributed by atoms with van der Waals surface area (Å²) in [5.41, 5.74) is 0.448. The summed E-state index contributed by atoms with van der Waals surface area (Å²) in [5.74, 6) is 0.352. The van der Waals surface area contributed by atoms with Crippen molar-refractivity contribution in [3.63, 3.8) is 0 Å². The molecule has 0 aliphatic heterocycles. The Labute approximate surface area is 126 Å². The maximum Gasteiger partial charge on any atom is 0.246 e. The molecule has 1 aromatic rings. The van der Waals surface area contributed by atoms with E-state index in [0.717, 1.165) is 12.8 Å². The summed E-state index contributed by atoms with van der Waals surface area (Å²) in [4.78, 5) is 12.2. The van der Waals surface area contributed by atoms with Gasteiger partial charge >= 0.3 is 0 Å². The number of sulfonamides is 1. The van der Waals surface area contributed by atoms with Crippen molar-refractivity contribution >= 4 is 15.8 Å². The van der Waals surface area contributed by atoms with Crippen LogP contribution in [0.25, 0.3) is 0 Å². The largest absolute Gasteiger partial charge is 0.495 e. The molecule has 1 saturated carbocycles. The molecular formula is C15H21NO4S. The molecule has 21 heavy (non-hydrogen) atoms. The fourth-order valence-corrected chi connectivity index (χ4v) is 3.95. The van der Waals surface area contributed by atoms with Crippen LogP contribution < -0.4 is 4.74 Å². The number of Topliss-reactive ketones (excluding diaryl/α,β-unsaturated/α-hetero) is 1. The molecule has 1 aromatic carbocycles. The monoisotopic (exact) mass is 311 g/mol. The van der Waals surface area contributed by atoms with E-state index in [0.29, 0.717) is 18.7 Å². The van der Waals surface area contributed by atoms with Crippen LogP contribution in [-0.4, -0.2) is 38.7 Å². The molecule has 0 unspecified atom stereocenters. The van der Waals surface area contributed by atoms with Crippen LogP contribution in [0.4, 0.5) is 0 Å². The molecule has 0 aromatic heterocycles. The molecule has 2 rings (SSSR count). The Balaban J connectivity index is 2.49. The second-order valence-corrected chi connectivity index (χ2v) is 7.00. The zero-order valence-electron chi connectivity index (χ0n) is 12.6. The number of ketones is 1. The highest BCUT2D eigenvalue weighted by Crippen LogP contribution is 2.35. The standard InChI is InChI=1S/C15H21NO4S/c1-4-16(5-2)21(18,19)14-10-12(8-9-13(14)20-3)15(17)11-6-7-11/h8-11H,4-7H2,1-3H3. The van der Waals surface area contributed by atoms with Crippen molar-refractivity contribution in [2.75, 3.05) is 20.2 Å². The first-order valence-corrected chi connectivity index (χ1v) is 8.62. The molecule has 0 heterocycles. The highest BCUT2D eigenvalue weighted by molar-refractivity contribution is 7.89. The zero-order valence-corrected chi connectivity index (χ0v) is 13.4. The van der Waals surface area contributed by atoms with Gasteiger partial charge in [-0.1, -0.05) is 13.8 Å². The van der Waals surface area contributed by atoms with Crippen molar-refractivity contribution < 1.29 is 17.9 Å². The summed E-state index contributed by atoms with van der Waals surface area (Å²) >= 11 is 0. The first-order valence-electron chi connectivity index (χ1n) is 7.18. The van der Waals surface area contributed by atoms with Gasteiger partial charge in [0.25, 0.3) is 0 Å². The molecule has 1 aliphatic rings. The van der Waals surface area contributed by atoms with Crippen molar-refractivity contribution in [3.8, 4) is 5.75 Å². The minimum atomic E-state index is -3.65. The molecule has 0 atom stereocenters. The van der Waals surface area contributed by atoms with Crippen LogP contribution in [0.1, 0.15) is 37.0 Å². The topological polar surface area (TPSA) is 63.7 Å². The van der Waals surface area contributed by atoms with E-state index >= 15 is 0 Å². The van der Waals surface area contributed by atoms with Gasteiger partial charge in [-0.2, -0.15) is 4.31 Å². The highest BCUT2D eigenvalue weighted by Gasteiger charge is 2.32. The van der Waals surface area contributed by atoms with Crippen molar-refractivity contribution in [3.05, 3.63) is 23.8 Å². The Kier molecular flexibility index (Phi) is 4.68. The fourth-order valence-electron chi connectivity index (χ4n) is 2.32. The Morgan fingerprint density at radius 3 is 2.38 bits per heavy atom. The Morgan fingerprint density at radius 1 is 1.29 bits per heavy atom. The molecule has 0 amide bonds. The Hall–Kier alpha value is -1.40. The summed E-state index contributed by atoms with van der Waals surface area (Å²) in [6, 6.07) is 4.65. The van der Waals surface area contributed by atoms with E-state index in [9.17, 15) is 13.2 Å². The van der Waals surface area contributed by atoms with Crippen LogP contribution in [0.3, 0.4) is 0 Å². The maximum atomic E-state index is 12.7. The molecule has 6 heteroatoms. The molecule has 0 spiro atoms. The number of hydrogen-bond donors (Lipinski definition) is 0. The van der Waals surface area contributed by atoms with E-state index < -0.39 is 10.0 Å². The lowest BCUT2D eigenvalue weighted by molar-refractivity contribution is 0.0967. The van der Waals surface area contributed by atoms with E-state index in [-0.39, 0.29) is 22.3 Å². The van der Waals surface area contributed by atoms with Gasteiger partial charge in [-0.25, -0.2) is 8.42 Å². The van der Waals surface area contributed by atoms with Crippen LogP contribution in [0, 0.1) is 5.92 Å². The number of benzene rings is 1. The van der Waals surface area contributed by atoms with Gasteiger partial charge in [0.15, 0.2) is 5.78 Å². The van der Waals surface area contributed by atoms with Gasteiger partial charge in [0.2, 0.25) is 10.0 Å². The SMILES string of the molecule is CCN(CC)S(=O)(=O)c1cc(C(=O)C2CC2)ccc1OC. The molecule has 0 radical (unpaired) electrons. The molecule has 0 bridgehead atoms. The second-order valence-electron chi connectivity index (χ2n) is 5.09. The summed E-state index contributed by atoms with van der Waals surface area (Å²) in [7, 11) is -2.22. The van der Waals surface area contributed by atoms with Gasteiger partial charge in [0.05, 0.1) is 7.11 Å². The van der Waals surface area contributed by atoms with Gasteiger partial charge in [0, 0.05) is 24.6 Å². The molecule has 1 aliphatic carbocycles. The lowest BCUT2D eigenvalue weighted by Crippen LogP contribution is -2.31. The van der Waals surface area contributed by atoms with Gasteiger partial charge < -0.3 is 4.74 Å². The third kappa shape index (κ3) is 3.11. The van der Waals surface area contributed by atoms with E-state index in [4.69, 9.17) is 4.74 Å². The Bertz CT molecular complexity index is 631. The molecule has 0 saturated heterocycles. The van der Waals surface area contributed by atoms with Crippen LogP contribution in [-0.2, 0) is 10.0 Å². The minimum absolute atomic E-state index is 0.0219. The van der Waals surface area contributed by atoms with Gasteiger partial charge in [-0.15, -0.1) is 0 Å². The molecule has 1 fully saturated rings. The number of ether oxygens (including phenoxy) is 1. The summed E-state index contributed by atoms with van der Waals surface area (Å²) in [5, 5.41) is 0. The van der Waals surface area contributed by atoms with Gasteiger partial charge in [0.1, 0.15) is 10.6 Å². The lowest BCUT2D eigenvalue weighted by atomic mass is 10.1. The Morgan fingerprint density at radius 2 is 1.90 bits per heavy atom. The van der Waals surface area contributed by atoms with E-state index in [1.807, 2.05) is 0 Å². The average molecular weight is 311 g/mol. The van der Waals surface area contributed by atoms with Crippen LogP contribution in [0.5, 0.6) is 5.75 Å². The predicted octanol–water partition coefficient (Wildman–Crippen LogP) is 2.32. The van der Waals surface area contributed by atoms with Crippen molar-refractivity contribution in [2.24, 2.45) is 5.92 Å². The quantitative estimate of drug-likeness (QED) is 0.725. The number of hydrogen-bond acceptors (Lipinski definition) is 4. The molecule has 116 valence electrons. The van der Waals surface area contributed by atoms with Crippen LogP contribution >= 0.6 is 0 Å². The molecule has 5 nitrogen and oxygen atoms in total. The van der Waals surface area contributed by atoms with E-state index in [1.165, 1.54) is 17.5 Å². The summed E-state index contributed by atoms with van der Waals surface area (Å²) in [6.07, 6.45) is 1.78. The highest BCUT2D eigenvalue weighted by atomic mass is 32.2. The third-order valence-electron chi connectivity index (χ3n) is 3.72. The normalized spacial score (nSPS) is 15.2. The number of carbonyl (C=O) groups excluding carboxylic acids is 1. The summed E-state index contributed by atoms with van der Waals surface area (Å²) < 4.78 is 31.9.